The van der Waals surface area contributed by atoms with Crippen LogP contribution in [0.15, 0.2) is 36.0 Å². The van der Waals surface area contributed by atoms with E-state index in [1.807, 2.05) is 4.57 Å². The van der Waals surface area contributed by atoms with Crippen molar-refractivity contribution < 1.29 is 9.59 Å². The van der Waals surface area contributed by atoms with Crippen LogP contribution in [0.1, 0.15) is 68.2 Å². The van der Waals surface area contributed by atoms with Gasteiger partial charge in [0.2, 0.25) is 5.91 Å². The summed E-state index contributed by atoms with van der Waals surface area (Å²) >= 11 is 13.6. The lowest BCUT2D eigenvalue weighted by molar-refractivity contribution is -0.119. The van der Waals surface area contributed by atoms with Crippen LogP contribution in [-0.2, 0) is 11.3 Å². The van der Waals surface area contributed by atoms with Gasteiger partial charge in [0.15, 0.2) is 11.0 Å². The standard InChI is InChI=1S/C24H31Cl2N5O2S/c1-4-11-31-22(29-30-24(31)34-14-21(32)27-17-7-5-6-8-17)20(12-15(2)3)28-23(33)18-10-9-16(25)13-19(18)26/h4,9-10,13,15,17,20H,1,5-8,11-12,14H2,2-3H3,(H,27,32)(H,28,33)/t20-/m1/s1. The van der Waals surface area contributed by atoms with E-state index in [9.17, 15) is 9.59 Å². The highest BCUT2D eigenvalue weighted by Gasteiger charge is 2.26. The number of allylic oxidation sites excluding steroid dienone is 1. The summed E-state index contributed by atoms with van der Waals surface area (Å²) in [7, 11) is 0. The maximum atomic E-state index is 13.0. The average Bonchev–Trinajstić information content (AvgIpc) is 3.41. The molecule has 0 bridgehead atoms. The molecule has 1 aliphatic carbocycles. The Bertz CT molecular complexity index is 1020. The number of nitrogens with zero attached hydrogens (tertiary/aromatic N) is 3. The van der Waals surface area contributed by atoms with E-state index in [1.165, 1.54) is 24.6 Å². The molecule has 0 spiro atoms. The van der Waals surface area contributed by atoms with Crippen molar-refractivity contribution >= 4 is 46.8 Å². The molecule has 7 nitrogen and oxygen atoms in total. The van der Waals surface area contributed by atoms with Gasteiger partial charge in [0, 0.05) is 17.6 Å². The first kappa shape index (κ1) is 26.6. The number of aromatic nitrogens is 3. The molecular weight excluding hydrogens is 493 g/mol. The predicted octanol–water partition coefficient (Wildman–Crippen LogP) is 5.44. The molecule has 1 aromatic heterocycles. The Hall–Kier alpha value is -2.03. The van der Waals surface area contributed by atoms with Gasteiger partial charge in [-0.25, -0.2) is 0 Å². The number of rotatable bonds is 11. The van der Waals surface area contributed by atoms with E-state index in [0.29, 0.717) is 34.5 Å². The highest BCUT2D eigenvalue weighted by atomic mass is 35.5. The summed E-state index contributed by atoms with van der Waals surface area (Å²) in [5.41, 5.74) is 0.341. The normalized spacial score (nSPS) is 14.9. The van der Waals surface area contributed by atoms with E-state index in [1.54, 1.807) is 24.3 Å². The lowest BCUT2D eigenvalue weighted by Gasteiger charge is -2.21. The summed E-state index contributed by atoms with van der Waals surface area (Å²) in [6, 6.07) is 4.66. The third-order valence-corrected chi connectivity index (χ3v) is 7.12. The molecule has 1 fully saturated rings. The number of benzene rings is 1. The quantitative estimate of drug-likeness (QED) is 0.302. The third-order valence-electron chi connectivity index (χ3n) is 5.61. The van der Waals surface area contributed by atoms with Crippen LogP contribution in [0.3, 0.4) is 0 Å². The van der Waals surface area contributed by atoms with Gasteiger partial charge < -0.3 is 15.2 Å². The number of amides is 2. The first-order valence-electron chi connectivity index (χ1n) is 11.5. The van der Waals surface area contributed by atoms with Crippen LogP contribution in [0.4, 0.5) is 0 Å². The fourth-order valence-corrected chi connectivity index (χ4v) is 5.31. The van der Waals surface area contributed by atoms with Crippen molar-refractivity contribution in [2.45, 2.75) is 69.7 Å². The summed E-state index contributed by atoms with van der Waals surface area (Å²) < 4.78 is 1.90. The monoisotopic (exact) mass is 523 g/mol. The maximum absolute atomic E-state index is 13.0. The minimum atomic E-state index is -0.395. The second kappa shape index (κ2) is 12.6. The van der Waals surface area contributed by atoms with Crippen molar-refractivity contribution in [1.29, 1.82) is 0 Å². The fraction of sp³-hybridized carbons (Fsp3) is 0.500. The Morgan fingerprint density at radius 1 is 1.26 bits per heavy atom. The average molecular weight is 525 g/mol. The number of carbonyl (C=O) groups excluding carboxylic acids is 2. The molecule has 1 atom stereocenters. The molecule has 1 aromatic carbocycles. The van der Waals surface area contributed by atoms with Crippen molar-refractivity contribution in [2.75, 3.05) is 5.75 Å². The summed E-state index contributed by atoms with van der Waals surface area (Å²) in [6.45, 7) is 8.46. The Balaban J connectivity index is 1.77. The molecule has 184 valence electrons. The highest BCUT2D eigenvalue weighted by Crippen LogP contribution is 2.27. The van der Waals surface area contributed by atoms with Crippen molar-refractivity contribution in [2.24, 2.45) is 5.92 Å². The SMILES string of the molecule is C=CCn1c(SCC(=O)NC2CCCC2)nnc1[C@@H](CC(C)C)NC(=O)c1ccc(Cl)cc1Cl. The number of thioether (sulfide) groups is 1. The Morgan fingerprint density at radius 3 is 2.65 bits per heavy atom. The fourth-order valence-electron chi connectivity index (χ4n) is 4.04. The molecule has 1 aliphatic rings. The van der Waals surface area contributed by atoms with Crippen LogP contribution in [-0.4, -0.2) is 38.4 Å². The van der Waals surface area contributed by atoms with Crippen LogP contribution >= 0.6 is 35.0 Å². The van der Waals surface area contributed by atoms with Gasteiger partial charge in [-0.3, -0.25) is 9.59 Å². The van der Waals surface area contributed by atoms with Gasteiger partial charge in [-0.1, -0.05) is 67.7 Å². The van der Waals surface area contributed by atoms with Crippen molar-refractivity contribution in [3.8, 4) is 0 Å². The predicted molar refractivity (Wildman–Crippen MR) is 137 cm³/mol. The van der Waals surface area contributed by atoms with Crippen LogP contribution in [0, 0.1) is 5.92 Å². The van der Waals surface area contributed by atoms with E-state index in [0.717, 1.165) is 12.8 Å². The molecule has 2 aromatic rings. The molecule has 1 heterocycles. The lowest BCUT2D eigenvalue weighted by atomic mass is 10.0. The van der Waals surface area contributed by atoms with Crippen LogP contribution in [0.25, 0.3) is 0 Å². The summed E-state index contributed by atoms with van der Waals surface area (Å²) in [5, 5.41) is 16.2. The second-order valence-corrected chi connectivity index (χ2v) is 10.6. The van der Waals surface area contributed by atoms with E-state index < -0.39 is 6.04 Å². The van der Waals surface area contributed by atoms with Gasteiger partial charge in [-0.15, -0.1) is 16.8 Å². The number of carbonyl (C=O) groups is 2. The van der Waals surface area contributed by atoms with Gasteiger partial charge in [0.1, 0.15) is 0 Å². The van der Waals surface area contributed by atoms with E-state index >= 15 is 0 Å². The molecular formula is C24H31Cl2N5O2S. The zero-order chi connectivity index (χ0) is 24.7. The molecule has 10 heteroatoms. The third kappa shape index (κ3) is 7.23. The van der Waals surface area contributed by atoms with E-state index in [2.05, 4.69) is 41.3 Å². The van der Waals surface area contributed by atoms with Crippen LogP contribution < -0.4 is 10.6 Å². The summed E-state index contributed by atoms with van der Waals surface area (Å²) in [5.74, 6) is 0.841. The molecule has 0 radical (unpaired) electrons. The number of hydrogen-bond donors (Lipinski definition) is 2. The van der Waals surface area contributed by atoms with Crippen molar-refractivity contribution in [3.05, 3.63) is 52.3 Å². The van der Waals surface area contributed by atoms with Gasteiger partial charge in [-0.2, -0.15) is 0 Å². The lowest BCUT2D eigenvalue weighted by Crippen LogP contribution is -2.34. The smallest absolute Gasteiger partial charge is 0.253 e. The summed E-state index contributed by atoms with van der Waals surface area (Å²) in [4.78, 5) is 25.4. The topological polar surface area (TPSA) is 88.9 Å². The zero-order valence-corrected chi connectivity index (χ0v) is 21.8. The maximum Gasteiger partial charge on any atom is 0.253 e. The molecule has 0 unspecified atom stereocenters. The molecule has 0 saturated heterocycles. The van der Waals surface area contributed by atoms with Crippen LogP contribution in [0.2, 0.25) is 10.0 Å². The Labute approximate surface area is 215 Å². The van der Waals surface area contributed by atoms with Crippen molar-refractivity contribution in [3.63, 3.8) is 0 Å². The molecule has 1 saturated carbocycles. The minimum Gasteiger partial charge on any atom is -0.353 e. The number of nitrogens with one attached hydrogen (secondary N) is 2. The van der Waals surface area contributed by atoms with Gasteiger partial charge in [0.05, 0.1) is 22.4 Å². The number of hydrogen-bond acceptors (Lipinski definition) is 5. The molecule has 0 aliphatic heterocycles. The molecule has 3 rings (SSSR count). The highest BCUT2D eigenvalue weighted by molar-refractivity contribution is 7.99. The second-order valence-electron chi connectivity index (χ2n) is 8.86. The first-order chi connectivity index (χ1) is 16.3. The van der Waals surface area contributed by atoms with Gasteiger partial charge >= 0.3 is 0 Å². The molecule has 2 N–H and O–H groups in total. The van der Waals surface area contributed by atoms with E-state index in [-0.39, 0.29) is 34.5 Å². The van der Waals surface area contributed by atoms with Crippen LogP contribution in [0.5, 0.6) is 0 Å². The Kier molecular flexibility index (Phi) is 9.85. The van der Waals surface area contributed by atoms with Crippen molar-refractivity contribution in [1.82, 2.24) is 25.4 Å². The largest absolute Gasteiger partial charge is 0.353 e. The molecule has 2 amide bonds. The minimum absolute atomic E-state index is 0.00369. The van der Waals surface area contributed by atoms with Gasteiger partial charge in [0.25, 0.3) is 5.91 Å². The number of halogens is 2. The summed E-state index contributed by atoms with van der Waals surface area (Å²) in [6.07, 6.45) is 6.82. The van der Waals surface area contributed by atoms with Gasteiger partial charge in [-0.05, 0) is 43.4 Å². The molecule has 34 heavy (non-hydrogen) atoms. The first-order valence-corrected chi connectivity index (χ1v) is 13.2. The Morgan fingerprint density at radius 2 is 2.00 bits per heavy atom. The van der Waals surface area contributed by atoms with E-state index in [4.69, 9.17) is 23.2 Å². The zero-order valence-electron chi connectivity index (χ0n) is 19.5.